The molecule has 2 rings (SSSR count). The van der Waals surface area contributed by atoms with E-state index in [1.807, 2.05) is 0 Å². The summed E-state index contributed by atoms with van der Waals surface area (Å²) in [4.78, 5) is 36.0. The first-order valence-electron chi connectivity index (χ1n) is 6.47. The number of carbonyl (C=O) groups excluding carboxylic acids is 3. The molecule has 10 heteroatoms. The fraction of sp³-hybridized carbons (Fsp3) is 0.231. The van der Waals surface area contributed by atoms with E-state index in [-0.39, 0.29) is 27.7 Å². The standard InChI is InChI=1S/C13H13BrN4O4S/c1-3-22-13(21)7-5(2)9(10(15)19)23-12(7)17-11(20)8-6(14)4-16-18-8/h4H,3H2,1-2H3,(H2,15,19)(H,16,18)(H,17,20). The first kappa shape index (κ1) is 17.2. The molecule has 0 aliphatic rings. The number of nitrogens with two attached hydrogens (primary N) is 1. The lowest BCUT2D eigenvalue weighted by Crippen LogP contribution is -2.16. The second kappa shape index (κ2) is 6.92. The smallest absolute Gasteiger partial charge is 0.341 e. The minimum atomic E-state index is -0.679. The molecule has 2 aromatic rings. The quantitative estimate of drug-likeness (QED) is 0.661. The number of carbonyl (C=O) groups is 3. The van der Waals surface area contributed by atoms with E-state index in [1.165, 1.54) is 6.20 Å². The molecule has 0 aromatic carbocycles. The molecule has 0 unspecified atom stereocenters. The second-order valence-corrected chi connectivity index (χ2v) is 6.27. The Bertz CT molecular complexity index is 783. The summed E-state index contributed by atoms with van der Waals surface area (Å²) >= 11 is 4.10. The van der Waals surface area contributed by atoms with Gasteiger partial charge in [0.25, 0.3) is 11.8 Å². The highest BCUT2D eigenvalue weighted by molar-refractivity contribution is 9.10. The fourth-order valence-electron chi connectivity index (χ4n) is 1.88. The third-order valence-electron chi connectivity index (χ3n) is 2.90. The van der Waals surface area contributed by atoms with Crippen molar-refractivity contribution in [2.24, 2.45) is 5.73 Å². The number of amides is 2. The van der Waals surface area contributed by atoms with E-state index in [4.69, 9.17) is 10.5 Å². The van der Waals surface area contributed by atoms with Gasteiger partial charge in [0.2, 0.25) is 0 Å². The topological polar surface area (TPSA) is 127 Å². The van der Waals surface area contributed by atoms with E-state index in [1.54, 1.807) is 13.8 Å². The summed E-state index contributed by atoms with van der Waals surface area (Å²) in [5.74, 6) is -1.83. The molecular weight excluding hydrogens is 388 g/mol. The summed E-state index contributed by atoms with van der Waals surface area (Å²) in [6, 6.07) is 0. The van der Waals surface area contributed by atoms with Crippen LogP contribution in [0.1, 0.15) is 43.0 Å². The highest BCUT2D eigenvalue weighted by Crippen LogP contribution is 2.34. The van der Waals surface area contributed by atoms with E-state index < -0.39 is 17.8 Å². The summed E-state index contributed by atoms with van der Waals surface area (Å²) in [6.45, 7) is 3.40. The Kier molecular flexibility index (Phi) is 5.16. The number of H-pyrrole nitrogens is 1. The molecule has 2 heterocycles. The Morgan fingerprint density at radius 2 is 2.17 bits per heavy atom. The Hall–Kier alpha value is -2.20. The molecule has 4 N–H and O–H groups in total. The molecule has 2 amide bonds. The van der Waals surface area contributed by atoms with Crippen molar-refractivity contribution >= 4 is 50.1 Å². The predicted octanol–water partition coefficient (Wildman–Crippen LogP) is 2.07. The van der Waals surface area contributed by atoms with Crippen LogP contribution < -0.4 is 11.1 Å². The van der Waals surface area contributed by atoms with Crippen LogP contribution in [0.3, 0.4) is 0 Å². The van der Waals surface area contributed by atoms with Gasteiger partial charge in [0, 0.05) is 0 Å². The van der Waals surface area contributed by atoms with Crippen molar-refractivity contribution in [3.63, 3.8) is 0 Å². The van der Waals surface area contributed by atoms with E-state index in [2.05, 4.69) is 31.4 Å². The van der Waals surface area contributed by atoms with Gasteiger partial charge in [0.05, 0.1) is 27.7 Å². The number of ether oxygens (including phenoxy) is 1. The number of aromatic amines is 1. The third-order valence-corrected chi connectivity index (χ3v) is 4.72. The monoisotopic (exact) mass is 400 g/mol. The molecule has 8 nitrogen and oxygen atoms in total. The summed E-state index contributed by atoms with van der Waals surface area (Å²) < 4.78 is 5.44. The summed E-state index contributed by atoms with van der Waals surface area (Å²) in [6.07, 6.45) is 1.43. The van der Waals surface area contributed by atoms with Crippen LogP contribution in [-0.2, 0) is 4.74 Å². The molecule has 0 aliphatic carbocycles. The normalized spacial score (nSPS) is 10.4. The van der Waals surface area contributed by atoms with Crippen molar-refractivity contribution in [3.8, 4) is 0 Å². The summed E-state index contributed by atoms with van der Waals surface area (Å²) in [5.41, 5.74) is 5.98. The first-order chi connectivity index (χ1) is 10.9. The van der Waals surface area contributed by atoms with E-state index in [0.29, 0.717) is 10.0 Å². The van der Waals surface area contributed by atoms with Gasteiger partial charge >= 0.3 is 5.97 Å². The molecule has 122 valence electrons. The van der Waals surface area contributed by atoms with Crippen LogP contribution in [0.25, 0.3) is 0 Å². The molecule has 0 saturated heterocycles. The number of rotatable bonds is 5. The van der Waals surface area contributed by atoms with Crippen LogP contribution in [-0.4, -0.2) is 34.6 Å². The molecule has 23 heavy (non-hydrogen) atoms. The highest BCUT2D eigenvalue weighted by atomic mass is 79.9. The van der Waals surface area contributed by atoms with E-state index in [0.717, 1.165) is 11.3 Å². The molecule has 2 aromatic heterocycles. The first-order valence-corrected chi connectivity index (χ1v) is 8.08. The van der Waals surface area contributed by atoms with Crippen molar-refractivity contribution in [3.05, 3.63) is 32.4 Å². The Labute approximate surface area is 143 Å². The Morgan fingerprint density at radius 1 is 1.48 bits per heavy atom. The van der Waals surface area contributed by atoms with Crippen LogP contribution in [0.5, 0.6) is 0 Å². The molecule has 0 radical (unpaired) electrons. The molecule has 0 aliphatic heterocycles. The molecule has 0 bridgehead atoms. The number of nitrogens with one attached hydrogen (secondary N) is 2. The van der Waals surface area contributed by atoms with Gasteiger partial charge in [-0.2, -0.15) is 5.10 Å². The lowest BCUT2D eigenvalue weighted by atomic mass is 10.1. The third kappa shape index (κ3) is 3.42. The number of nitrogens with zero attached hydrogens (tertiary/aromatic N) is 1. The van der Waals surface area contributed by atoms with Gasteiger partial charge < -0.3 is 15.8 Å². The number of thiophene rings is 1. The maximum atomic E-state index is 12.2. The van der Waals surface area contributed by atoms with Gasteiger partial charge in [-0.15, -0.1) is 11.3 Å². The van der Waals surface area contributed by atoms with Crippen LogP contribution >= 0.6 is 27.3 Å². The SMILES string of the molecule is CCOC(=O)c1c(NC(=O)c2[nH]ncc2Br)sc(C(N)=O)c1C. The van der Waals surface area contributed by atoms with Gasteiger partial charge in [-0.1, -0.05) is 0 Å². The number of anilines is 1. The fourth-order valence-corrected chi connectivity index (χ4v) is 3.30. The molecular formula is C13H13BrN4O4S. The lowest BCUT2D eigenvalue weighted by molar-refractivity contribution is 0.0527. The number of esters is 1. The van der Waals surface area contributed by atoms with Gasteiger partial charge in [0.1, 0.15) is 10.7 Å². The lowest BCUT2D eigenvalue weighted by Gasteiger charge is -2.06. The van der Waals surface area contributed by atoms with E-state index >= 15 is 0 Å². The Balaban J connectivity index is 2.42. The zero-order valence-electron chi connectivity index (χ0n) is 12.2. The minimum absolute atomic E-state index is 0.120. The van der Waals surface area contributed by atoms with Crippen molar-refractivity contribution in [1.82, 2.24) is 10.2 Å². The maximum absolute atomic E-state index is 12.2. The Morgan fingerprint density at radius 3 is 2.70 bits per heavy atom. The molecule has 0 spiro atoms. The number of hydrogen-bond acceptors (Lipinski definition) is 6. The summed E-state index contributed by atoms with van der Waals surface area (Å²) in [5, 5.41) is 9.03. The average molecular weight is 401 g/mol. The van der Waals surface area contributed by atoms with Crippen molar-refractivity contribution in [1.29, 1.82) is 0 Å². The number of hydrogen-bond donors (Lipinski definition) is 3. The number of primary amides is 1. The zero-order chi connectivity index (χ0) is 17.1. The summed E-state index contributed by atoms with van der Waals surface area (Å²) in [7, 11) is 0. The molecule has 0 atom stereocenters. The van der Waals surface area contributed by atoms with Gasteiger partial charge in [-0.25, -0.2) is 4.79 Å². The van der Waals surface area contributed by atoms with Crippen LogP contribution in [0.15, 0.2) is 10.7 Å². The largest absolute Gasteiger partial charge is 0.462 e. The van der Waals surface area contributed by atoms with Gasteiger partial charge in [-0.05, 0) is 35.3 Å². The minimum Gasteiger partial charge on any atom is -0.462 e. The van der Waals surface area contributed by atoms with Crippen LogP contribution in [0.2, 0.25) is 0 Å². The van der Waals surface area contributed by atoms with Crippen LogP contribution in [0.4, 0.5) is 5.00 Å². The maximum Gasteiger partial charge on any atom is 0.341 e. The van der Waals surface area contributed by atoms with E-state index in [9.17, 15) is 14.4 Å². The zero-order valence-corrected chi connectivity index (χ0v) is 14.6. The second-order valence-electron chi connectivity index (χ2n) is 4.39. The molecule has 0 fully saturated rings. The van der Waals surface area contributed by atoms with Crippen molar-refractivity contribution in [2.75, 3.05) is 11.9 Å². The van der Waals surface area contributed by atoms with Gasteiger partial charge in [0.15, 0.2) is 0 Å². The van der Waals surface area contributed by atoms with Crippen molar-refractivity contribution < 1.29 is 19.1 Å². The predicted molar refractivity (Wildman–Crippen MR) is 87.8 cm³/mol. The van der Waals surface area contributed by atoms with Crippen LogP contribution in [0, 0.1) is 6.92 Å². The molecule has 0 saturated carbocycles. The van der Waals surface area contributed by atoms with Gasteiger partial charge in [-0.3, -0.25) is 14.7 Å². The highest BCUT2D eigenvalue weighted by Gasteiger charge is 2.26. The number of halogens is 1. The van der Waals surface area contributed by atoms with Crippen molar-refractivity contribution in [2.45, 2.75) is 13.8 Å². The number of aromatic nitrogens is 2. The average Bonchev–Trinajstić information content (AvgIpc) is 3.03.